The molecule has 1 N–H and O–H groups in total. The highest BCUT2D eigenvalue weighted by molar-refractivity contribution is 7.12. The molecule has 30 heavy (non-hydrogen) atoms. The molecule has 5 nitrogen and oxygen atoms in total. The highest BCUT2D eigenvalue weighted by Crippen LogP contribution is 2.21. The number of rotatable bonds is 7. The fourth-order valence-electron chi connectivity index (χ4n) is 2.80. The van der Waals surface area contributed by atoms with E-state index in [1.807, 2.05) is 11.4 Å². The zero-order valence-corrected chi connectivity index (χ0v) is 17.3. The molecule has 0 aliphatic carbocycles. The Balaban J connectivity index is 1.33. The lowest BCUT2D eigenvalue weighted by Crippen LogP contribution is -2.09. The molecule has 0 aliphatic rings. The lowest BCUT2D eigenvalue weighted by Gasteiger charge is -2.04. The predicted octanol–water partition coefficient (Wildman–Crippen LogP) is 5.62. The minimum Gasteiger partial charge on any atom is -0.489 e. The van der Waals surface area contributed by atoms with Crippen molar-refractivity contribution in [3.63, 3.8) is 0 Å². The van der Waals surface area contributed by atoms with E-state index in [0.717, 1.165) is 11.1 Å². The van der Waals surface area contributed by atoms with Crippen LogP contribution in [0.5, 0.6) is 5.75 Å². The first-order chi connectivity index (χ1) is 14.5. The fraction of sp³-hybridized carbons (Fsp3) is 0.0909. The van der Waals surface area contributed by atoms with Crippen LogP contribution in [-0.2, 0) is 13.2 Å². The van der Waals surface area contributed by atoms with Crippen LogP contribution in [0.3, 0.4) is 0 Å². The van der Waals surface area contributed by atoms with Gasteiger partial charge in [0, 0.05) is 16.8 Å². The van der Waals surface area contributed by atoms with Gasteiger partial charge in [-0.2, -0.15) is 5.10 Å². The summed E-state index contributed by atoms with van der Waals surface area (Å²) in [6.07, 6.45) is 3.27. The summed E-state index contributed by atoms with van der Waals surface area (Å²) < 4.78 is 20.7. The molecule has 0 aliphatic heterocycles. The van der Waals surface area contributed by atoms with Crippen LogP contribution < -0.4 is 10.1 Å². The van der Waals surface area contributed by atoms with Crippen molar-refractivity contribution in [2.75, 3.05) is 5.32 Å². The molecule has 0 bridgehead atoms. The van der Waals surface area contributed by atoms with Crippen LogP contribution in [0.2, 0.25) is 5.02 Å². The van der Waals surface area contributed by atoms with Gasteiger partial charge in [-0.1, -0.05) is 23.7 Å². The third-order valence-corrected chi connectivity index (χ3v) is 5.45. The van der Waals surface area contributed by atoms with Crippen molar-refractivity contribution in [1.29, 1.82) is 0 Å². The fourth-order valence-corrected chi connectivity index (χ4v) is 3.72. The summed E-state index contributed by atoms with van der Waals surface area (Å²) in [5, 5.41) is 9.58. The van der Waals surface area contributed by atoms with Crippen LogP contribution in [0.25, 0.3) is 0 Å². The van der Waals surface area contributed by atoms with Gasteiger partial charge in [0.1, 0.15) is 18.2 Å². The Kier molecular flexibility index (Phi) is 6.11. The maximum atomic E-state index is 13.3. The largest absolute Gasteiger partial charge is 0.489 e. The van der Waals surface area contributed by atoms with Gasteiger partial charge in [0.15, 0.2) is 0 Å². The quantitative estimate of drug-likeness (QED) is 0.405. The number of carbonyl (C=O) groups excluding carboxylic acids is 1. The highest BCUT2D eigenvalue weighted by Gasteiger charge is 2.11. The van der Waals surface area contributed by atoms with Gasteiger partial charge in [-0.15, -0.1) is 11.3 Å². The monoisotopic (exact) mass is 441 g/mol. The maximum absolute atomic E-state index is 13.3. The lowest BCUT2D eigenvalue weighted by molar-refractivity contribution is 0.103. The molecule has 0 atom stereocenters. The van der Waals surface area contributed by atoms with Gasteiger partial charge in [0.2, 0.25) is 0 Å². The van der Waals surface area contributed by atoms with Gasteiger partial charge in [-0.05, 0) is 53.4 Å². The molecule has 2 heterocycles. The van der Waals surface area contributed by atoms with Crippen molar-refractivity contribution < 1.29 is 13.9 Å². The lowest BCUT2D eigenvalue weighted by atomic mass is 10.2. The molecule has 0 unspecified atom stereocenters. The van der Waals surface area contributed by atoms with Crippen LogP contribution in [0.1, 0.15) is 20.8 Å². The molecular formula is C22H17ClFN3O2S. The summed E-state index contributed by atoms with van der Waals surface area (Å²) in [4.78, 5) is 13.1. The molecule has 8 heteroatoms. The molecule has 1 amide bonds. The maximum Gasteiger partial charge on any atom is 0.265 e. The summed E-state index contributed by atoms with van der Waals surface area (Å²) in [7, 11) is 0. The van der Waals surface area contributed by atoms with E-state index >= 15 is 0 Å². The minimum atomic E-state index is -0.290. The van der Waals surface area contributed by atoms with E-state index in [-0.39, 0.29) is 11.7 Å². The van der Waals surface area contributed by atoms with Crippen LogP contribution in [-0.4, -0.2) is 15.7 Å². The second-order valence-electron chi connectivity index (χ2n) is 6.57. The number of hydrogen-bond acceptors (Lipinski definition) is 4. The van der Waals surface area contributed by atoms with E-state index < -0.39 is 0 Å². The first-order valence-corrected chi connectivity index (χ1v) is 10.3. The molecule has 152 valence electrons. The van der Waals surface area contributed by atoms with Crippen LogP contribution in [0.15, 0.2) is 72.4 Å². The summed E-state index contributed by atoms with van der Waals surface area (Å²) in [6.45, 7) is 0.774. The number of anilines is 1. The van der Waals surface area contributed by atoms with Gasteiger partial charge < -0.3 is 10.1 Å². The molecule has 0 saturated heterocycles. The Labute approximate surface area is 181 Å². The van der Waals surface area contributed by atoms with Crippen molar-refractivity contribution in [3.8, 4) is 5.75 Å². The van der Waals surface area contributed by atoms with Gasteiger partial charge in [-0.25, -0.2) is 4.39 Å². The van der Waals surface area contributed by atoms with Crippen molar-refractivity contribution in [2.24, 2.45) is 0 Å². The molecular weight excluding hydrogens is 425 g/mol. The molecule has 4 rings (SSSR count). The number of nitrogens with zero attached hydrogens (tertiary/aromatic N) is 2. The molecule has 0 spiro atoms. The smallest absolute Gasteiger partial charge is 0.265 e. The van der Waals surface area contributed by atoms with Crippen molar-refractivity contribution in [2.45, 2.75) is 13.2 Å². The Hall–Kier alpha value is -3.16. The number of aromatic nitrogens is 2. The van der Waals surface area contributed by atoms with Crippen molar-refractivity contribution in [1.82, 2.24) is 9.78 Å². The Morgan fingerprint density at radius 3 is 2.80 bits per heavy atom. The number of hydrogen-bond donors (Lipinski definition) is 1. The number of ether oxygens (including phenoxy) is 1. The van der Waals surface area contributed by atoms with E-state index in [1.54, 1.807) is 53.5 Å². The molecule has 4 aromatic rings. The van der Waals surface area contributed by atoms with Crippen LogP contribution in [0, 0.1) is 5.82 Å². The number of thiophene rings is 1. The number of halogens is 2. The van der Waals surface area contributed by atoms with Crippen molar-refractivity contribution in [3.05, 3.63) is 99.2 Å². The van der Waals surface area contributed by atoms with E-state index in [1.165, 1.54) is 23.5 Å². The number of carbonyl (C=O) groups is 1. The first-order valence-electron chi connectivity index (χ1n) is 9.09. The van der Waals surface area contributed by atoms with Gasteiger partial charge in [0.25, 0.3) is 5.91 Å². The Bertz CT molecular complexity index is 1160. The Morgan fingerprint density at radius 1 is 1.17 bits per heavy atom. The average Bonchev–Trinajstić information content (AvgIpc) is 3.37. The average molecular weight is 442 g/mol. The number of benzene rings is 2. The van der Waals surface area contributed by atoms with Crippen LogP contribution in [0.4, 0.5) is 10.1 Å². The predicted molar refractivity (Wildman–Crippen MR) is 116 cm³/mol. The third kappa shape index (κ3) is 5.25. The normalized spacial score (nSPS) is 10.7. The third-order valence-electron chi connectivity index (χ3n) is 4.22. The molecule has 0 saturated carbocycles. The standard InChI is InChI=1S/C22H17ClFN3O2S/c23-17-4-6-20(7-5-17)29-13-16-9-21(30-14-16)22(28)26-19-10-25-27(12-19)11-15-2-1-3-18(24)8-15/h1-10,12,14H,11,13H2,(H,26,28). The van der Waals surface area contributed by atoms with E-state index in [0.29, 0.717) is 34.5 Å². The van der Waals surface area contributed by atoms with Gasteiger partial charge in [0.05, 0.1) is 23.3 Å². The second-order valence-corrected chi connectivity index (χ2v) is 7.92. The van der Waals surface area contributed by atoms with Gasteiger partial charge in [-0.3, -0.25) is 9.48 Å². The summed E-state index contributed by atoms with van der Waals surface area (Å²) in [6, 6.07) is 15.2. The molecule has 2 aromatic carbocycles. The molecule has 2 aromatic heterocycles. The Morgan fingerprint density at radius 2 is 2.00 bits per heavy atom. The first kappa shape index (κ1) is 20.1. The number of amides is 1. The topological polar surface area (TPSA) is 56.2 Å². The number of nitrogens with one attached hydrogen (secondary N) is 1. The zero-order chi connectivity index (χ0) is 20.9. The van der Waals surface area contributed by atoms with Crippen LogP contribution >= 0.6 is 22.9 Å². The zero-order valence-electron chi connectivity index (χ0n) is 15.7. The molecule has 0 fully saturated rings. The summed E-state index contributed by atoms with van der Waals surface area (Å²) in [5.74, 6) is 0.201. The second kappa shape index (κ2) is 9.11. The highest BCUT2D eigenvalue weighted by atomic mass is 35.5. The summed E-state index contributed by atoms with van der Waals surface area (Å²) in [5.41, 5.74) is 2.27. The van der Waals surface area contributed by atoms with E-state index in [2.05, 4.69) is 10.4 Å². The summed E-state index contributed by atoms with van der Waals surface area (Å²) >= 11 is 7.21. The minimum absolute atomic E-state index is 0.219. The SMILES string of the molecule is O=C(Nc1cnn(Cc2cccc(F)c2)c1)c1cc(COc2ccc(Cl)cc2)cs1. The van der Waals surface area contributed by atoms with Crippen molar-refractivity contribution >= 4 is 34.5 Å². The molecule has 0 radical (unpaired) electrons. The van der Waals surface area contributed by atoms with Gasteiger partial charge >= 0.3 is 0 Å². The van der Waals surface area contributed by atoms with E-state index in [4.69, 9.17) is 16.3 Å². The van der Waals surface area contributed by atoms with E-state index in [9.17, 15) is 9.18 Å².